The molecule has 0 amide bonds. The van der Waals surface area contributed by atoms with Crippen molar-refractivity contribution in [3.63, 3.8) is 0 Å². The lowest BCUT2D eigenvalue weighted by molar-refractivity contribution is 0.0695. The van der Waals surface area contributed by atoms with Crippen molar-refractivity contribution in [2.75, 3.05) is 0 Å². The van der Waals surface area contributed by atoms with Crippen molar-refractivity contribution in [2.24, 2.45) is 0 Å². The second-order valence-corrected chi connectivity index (χ2v) is 3.65. The molecule has 0 saturated carbocycles. The van der Waals surface area contributed by atoms with Gasteiger partial charge < -0.3 is 10.4 Å². The highest BCUT2D eigenvalue weighted by atomic mass is 16.4. The SMILES string of the molecule is CCC(C)NCc1ccccc1C(=O)O. The molecule has 1 unspecified atom stereocenters. The van der Waals surface area contributed by atoms with Gasteiger partial charge in [0.05, 0.1) is 5.56 Å². The molecule has 1 aromatic rings. The van der Waals surface area contributed by atoms with E-state index in [9.17, 15) is 4.79 Å². The summed E-state index contributed by atoms with van der Waals surface area (Å²) >= 11 is 0. The van der Waals surface area contributed by atoms with Crippen LogP contribution in [-0.4, -0.2) is 17.1 Å². The highest BCUT2D eigenvalue weighted by Crippen LogP contribution is 2.08. The fourth-order valence-corrected chi connectivity index (χ4v) is 1.31. The topological polar surface area (TPSA) is 49.3 Å². The van der Waals surface area contributed by atoms with Gasteiger partial charge in [-0.15, -0.1) is 0 Å². The molecular formula is C12H17NO2. The number of hydrogen-bond donors (Lipinski definition) is 2. The molecule has 0 aliphatic carbocycles. The maximum atomic E-state index is 10.9. The first kappa shape index (κ1) is 11.7. The van der Waals surface area contributed by atoms with E-state index in [4.69, 9.17) is 5.11 Å². The third-order valence-corrected chi connectivity index (χ3v) is 2.50. The summed E-state index contributed by atoms with van der Waals surface area (Å²) in [5.41, 5.74) is 1.22. The standard InChI is InChI=1S/C12H17NO2/c1-3-9(2)13-8-10-6-4-5-7-11(10)12(14)15/h4-7,9,13H,3,8H2,1-2H3,(H,14,15). The van der Waals surface area contributed by atoms with Crippen molar-refractivity contribution in [3.05, 3.63) is 35.4 Å². The molecule has 1 aromatic carbocycles. The van der Waals surface area contributed by atoms with Gasteiger partial charge in [0.1, 0.15) is 0 Å². The molecule has 3 nitrogen and oxygen atoms in total. The number of nitrogens with one attached hydrogen (secondary N) is 1. The van der Waals surface area contributed by atoms with Crippen LogP contribution in [0, 0.1) is 0 Å². The van der Waals surface area contributed by atoms with E-state index in [0.29, 0.717) is 18.2 Å². The molecule has 82 valence electrons. The van der Waals surface area contributed by atoms with Crippen molar-refractivity contribution in [1.82, 2.24) is 5.32 Å². The Morgan fingerprint density at radius 3 is 2.73 bits per heavy atom. The summed E-state index contributed by atoms with van der Waals surface area (Å²) in [5, 5.41) is 12.2. The third-order valence-electron chi connectivity index (χ3n) is 2.50. The number of carbonyl (C=O) groups is 1. The zero-order valence-corrected chi connectivity index (χ0v) is 9.16. The minimum Gasteiger partial charge on any atom is -0.478 e. The number of carboxylic acid groups (broad SMARTS) is 1. The zero-order valence-electron chi connectivity index (χ0n) is 9.16. The minimum absolute atomic E-state index is 0.383. The van der Waals surface area contributed by atoms with Gasteiger partial charge in [0.15, 0.2) is 0 Å². The predicted molar refractivity (Wildman–Crippen MR) is 60.0 cm³/mol. The van der Waals surface area contributed by atoms with Gasteiger partial charge in [-0.3, -0.25) is 0 Å². The molecule has 1 atom stereocenters. The lowest BCUT2D eigenvalue weighted by Gasteiger charge is -2.12. The lowest BCUT2D eigenvalue weighted by Crippen LogP contribution is -2.25. The van der Waals surface area contributed by atoms with E-state index < -0.39 is 5.97 Å². The highest BCUT2D eigenvalue weighted by Gasteiger charge is 2.08. The fourth-order valence-electron chi connectivity index (χ4n) is 1.31. The molecular weight excluding hydrogens is 190 g/mol. The Labute approximate surface area is 90.1 Å². The molecule has 2 N–H and O–H groups in total. The molecule has 0 saturated heterocycles. The summed E-state index contributed by atoms with van der Waals surface area (Å²) in [5.74, 6) is -0.864. The van der Waals surface area contributed by atoms with E-state index in [1.807, 2.05) is 12.1 Å². The number of benzene rings is 1. The summed E-state index contributed by atoms with van der Waals surface area (Å²) in [4.78, 5) is 10.9. The average molecular weight is 207 g/mol. The van der Waals surface area contributed by atoms with E-state index in [1.165, 1.54) is 0 Å². The van der Waals surface area contributed by atoms with Gasteiger partial charge in [-0.05, 0) is 25.0 Å². The first-order chi connectivity index (χ1) is 7.15. The van der Waals surface area contributed by atoms with Gasteiger partial charge in [0.25, 0.3) is 0 Å². The summed E-state index contributed by atoms with van der Waals surface area (Å²) < 4.78 is 0. The Morgan fingerprint density at radius 1 is 1.47 bits per heavy atom. The van der Waals surface area contributed by atoms with Crippen LogP contribution in [0.4, 0.5) is 0 Å². The molecule has 0 bridgehead atoms. The molecule has 1 rings (SSSR count). The highest BCUT2D eigenvalue weighted by molar-refractivity contribution is 5.89. The Morgan fingerprint density at radius 2 is 2.13 bits per heavy atom. The van der Waals surface area contributed by atoms with Crippen molar-refractivity contribution >= 4 is 5.97 Å². The Bertz CT molecular complexity index is 336. The first-order valence-electron chi connectivity index (χ1n) is 5.19. The summed E-state index contributed by atoms with van der Waals surface area (Å²) in [6, 6.07) is 7.50. The van der Waals surface area contributed by atoms with Crippen LogP contribution in [0.2, 0.25) is 0 Å². The van der Waals surface area contributed by atoms with Crippen molar-refractivity contribution in [2.45, 2.75) is 32.9 Å². The monoisotopic (exact) mass is 207 g/mol. The van der Waals surface area contributed by atoms with Crippen molar-refractivity contribution in [1.29, 1.82) is 0 Å². The lowest BCUT2D eigenvalue weighted by atomic mass is 10.1. The van der Waals surface area contributed by atoms with Crippen LogP contribution in [0.1, 0.15) is 36.2 Å². The molecule has 0 spiro atoms. The smallest absolute Gasteiger partial charge is 0.336 e. The van der Waals surface area contributed by atoms with Gasteiger partial charge >= 0.3 is 5.97 Å². The minimum atomic E-state index is -0.864. The van der Waals surface area contributed by atoms with Crippen molar-refractivity contribution in [3.8, 4) is 0 Å². The summed E-state index contributed by atoms with van der Waals surface area (Å²) in [7, 11) is 0. The quantitative estimate of drug-likeness (QED) is 0.778. The average Bonchev–Trinajstić information content (AvgIpc) is 2.26. The second-order valence-electron chi connectivity index (χ2n) is 3.65. The molecule has 0 heterocycles. The molecule has 15 heavy (non-hydrogen) atoms. The number of carboxylic acids is 1. The van der Waals surface area contributed by atoms with E-state index in [1.54, 1.807) is 12.1 Å². The van der Waals surface area contributed by atoms with Crippen LogP contribution < -0.4 is 5.32 Å². The van der Waals surface area contributed by atoms with Crippen LogP contribution >= 0.6 is 0 Å². The molecule has 3 heteroatoms. The summed E-state index contributed by atoms with van der Waals surface area (Å²) in [6.45, 7) is 4.79. The number of hydrogen-bond acceptors (Lipinski definition) is 2. The van der Waals surface area contributed by atoms with E-state index in [0.717, 1.165) is 12.0 Å². The van der Waals surface area contributed by atoms with Crippen LogP contribution in [0.15, 0.2) is 24.3 Å². The Hall–Kier alpha value is -1.35. The van der Waals surface area contributed by atoms with E-state index >= 15 is 0 Å². The third kappa shape index (κ3) is 3.36. The molecule has 0 radical (unpaired) electrons. The first-order valence-corrected chi connectivity index (χ1v) is 5.19. The maximum absolute atomic E-state index is 10.9. The van der Waals surface area contributed by atoms with Gasteiger partial charge in [0, 0.05) is 12.6 Å². The summed E-state index contributed by atoms with van der Waals surface area (Å²) in [6.07, 6.45) is 1.04. The number of aromatic carboxylic acids is 1. The van der Waals surface area contributed by atoms with Gasteiger partial charge in [-0.25, -0.2) is 4.79 Å². The molecule has 0 aliphatic heterocycles. The van der Waals surface area contributed by atoms with Gasteiger partial charge in [0.2, 0.25) is 0 Å². The van der Waals surface area contributed by atoms with Gasteiger partial charge in [-0.1, -0.05) is 25.1 Å². The largest absolute Gasteiger partial charge is 0.478 e. The Kier molecular flexibility index (Phi) is 4.31. The van der Waals surface area contributed by atoms with Crippen LogP contribution in [0.3, 0.4) is 0 Å². The Balaban J connectivity index is 2.72. The van der Waals surface area contributed by atoms with Crippen LogP contribution in [0.25, 0.3) is 0 Å². The second kappa shape index (κ2) is 5.51. The fraction of sp³-hybridized carbons (Fsp3) is 0.417. The number of rotatable bonds is 5. The zero-order chi connectivity index (χ0) is 11.3. The molecule has 0 aromatic heterocycles. The normalized spacial score (nSPS) is 12.4. The van der Waals surface area contributed by atoms with Gasteiger partial charge in [-0.2, -0.15) is 0 Å². The van der Waals surface area contributed by atoms with Crippen molar-refractivity contribution < 1.29 is 9.90 Å². The molecule has 0 aliphatic rings. The predicted octanol–water partition coefficient (Wildman–Crippen LogP) is 2.27. The van der Waals surface area contributed by atoms with Crippen LogP contribution in [0.5, 0.6) is 0 Å². The van der Waals surface area contributed by atoms with Crippen LogP contribution in [-0.2, 0) is 6.54 Å². The maximum Gasteiger partial charge on any atom is 0.336 e. The molecule has 0 fully saturated rings. The van der Waals surface area contributed by atoms with E-state index in [-0.39, 0.29) is 0 Å². The van der Waals surface area contributed by atoms with E-state index in [2.05, 4.69) is 19.2 Å².